The molecule has 0 aliphatic heterocycles. The Morgan fingerprint density at radius 3 is 1.78 bits per heavy atom. The maximum absolute atomic E-state index is 10.0. The van der Waals surface area contributed by atoms with Gasteiger partial charge < -0.3 is 9.13 Å². The van der Waals surface area contributed by atoms with Gasteiger partial charge in [0.05, 0.1) is 56.5 Å². The summed E-state index contributed by atoms with van der Waals surface area (Å²) in [5.74, 6) is 0. The highest BCUT2D eigenvalue weighted by molar-refractivity contribution is 7.25. The number of nitrogens with zero attached hydrogens (tertiary/aromatic N) is 2. The number of fused-ring (bicyclic) bond motifs is 9. The number of para-hydroxylation sites is 3. The normalized spacial score (nSPS) is 17.7. The van der Waals surface area contributed by atoms with Crippen LogP contribution in [0.4, 0.5) is 0 Å². The van der Waals surface area contributed by atoms with Crippen LogP contribution >= 0.6 is 11.3 Å². The van der Waals surface area contributed by atoms with Gasteiger partial charge in [0.25, 0.3) is 0 Å². The van der Waals surface area contributed by atoms with Crippen molar-refractivity contribution in [3.05, 3.63) is 181 Å². The van der Waals surface area contributed by atoms with Crippen LogP contribution in [0.25, 0.3) is 97.4 Å². The van der Waals surface area contributed by atoms with Crippen molar-refractivity contribution in [3.8, 4) is 33.6 Å². The average Bonchev–Trinajstić information content (AvgIpc) is 4.06. The van der Waals surface area contributed by atoms with E-state index in [0.717, 1.165) is 31.6 Å². The lowest BCUT2D eigenvalue weighted by atomic mass is 9.98. The van der Waals surface area contributed by atoms with Crippen molar-refractivity contribution in [1.82, 2.24) is 9.13 Å². The largest absolute Gasteiger partial charge is 0.309 e. The molecule has 3 aromatic heterocycles. The zero-order valence-electron chi connectivity index (χ0n) is 47.0. The van der Waals surface area contributed by atoms with Crippen LogP contribution in [-0.4, -0.2) is 9.13 Å². The van der Waals surface area contributed by atoms with Gasteiger partial charge in [-0.25, -0.2) is 0 Å². The predicted octanol–water partition coefficient (Wildman–Crippen LogP) is 13.6. The maximum Gasteiger partial charge on any atom is 0.0652 e. The minimum absolute atomic E-state index is 0.00270. The molecule has 0 atom stereocenters. The van der Waals surface area contributed by atoms with Gasteiger partial charge in [0.2, 0.25) is 0 Å². The van der Waals surface area contributed by atoms with E-state index in [2.05, 4.69) is 0 Å². The fourth-order valence-electron chi connectivity index (χ4n) is 6.72. The number of aromatic nitrogens is 2. The summed E-state index contributed by atoms with van der Waals surface area (Å²) >= 11 is 0.797. The molecule has 0 spiro atoms. The van der Waals surface area contributed by atoms with Crippen molar-refractivity contribution in [2.24, 2.45) is 0 Å². The van der Waals surface area contributed by atoms with Crippen LogP contribution in [0, 0.1) is 0 Å². The molecule has 51 heavy (non-hydrogen) atoms. The standard InChI is InChI=1S/C48H30N2S/c1-2-12-31(13-3-1)32-14-10-15-33(28-32)34-24-27-46-40(29-34)48-45(22-11-23-47(48)51-46)50-43-21-9-6-18-38(43)39-30-35(25-26-44(39)50)49-41-19-7-4-16-36(41)37-17-5-8-20-42(37)49/h1-30H/i4D,5D,6D,7D,8D,9D,11D,16D,17D,18D,19D,20D,21D,22D,23D,24D,25D,26D,27D,29D,30D. The van der Waals surface area contributed by atoms with E-state index in [-0.39, 0.29) is 54.6 Å². The van der Waals surface area contributed by atoms with Gasteiger partial charge in [-0.3, -0.25) is 0 Å². The number of benzene rings is 8. The van der Waals surface area contributed by atoms with E-state index in [4.69, 9.17) is 16.4 Å². The maximum atomic E-state index is 10.0. The zero-order valence-corrected chi connectivity index (χ0v) is 26.8. The SMILES string of the molecule is [2H]c1c(-c2cccc(-c3ccccc3)c2)c([2H])c2c(sc3c([2H])c([2H])c([2H])c(-n4c5c([2H])c([2H])c([2H])c([2H])c5c5c([2H])c(-n6c7c([2H])c([2H])c([2H])c([2H])c7c7c([2H])c([2H])c([2H])c([2H])c76)c([2H])c([2H])c54)c32)c1[2H]. The van der Waals surface area contributed by atoms with E-state index in [0.29, 0.717) is 5.56 Å². The smallest absolute Gasteiger partial charge is 0.0652 e. The summed E-state index contributed by atoms with van der Waals surface area (Å²) in [5.41, 5.74) is -1.04. The lowest BCUT2D eigenvalue weighted by molar-refractivity contribution is 1.17. The molecular weight excluding hydrogens is 637 g/mol. The molecule has 0 amide bonds. The van der Waals surface area contributed by atoms with Crippen LogP contribution in [0.2, 0.25) is 0 Å². The van der Waals surface area contributed by atoms with Crippen molar-refractivity contribution in [2.75, 3.05) is 0 Å². The molecule has 11 aromatic rings. The highest BCUT2D eigenvalue weighted by atomic mass is 32.1. The van der Waals surface area contributed by atoms with Crippen molar-refractivity contribution in [3.63, 3.8) is 0 Å². The summed E-state index contributed by atoms with van der Waals surface area (Å²) in [4.78, 5) is 0. The topological polar surface area (TPSA) is 9.86 Å². The summed E-state index contributed by atoms with van der Waals surface area (Å²) in [6.07, 6.45) is 0. The number of rotatable bonds is 4. The molecule has 0 saturated heterocycles. The molecule has 2 nitrogen and oxygen atoms in total. The Bertz CT molecular complexity index is 4270. The third kappa shape index (κ3) is 4.29. The van der Waals surface area contributed by atoms with Crippen molar-refractivity contribution < 1.29 is 28.8 Å². The van der Waals surface area contributed by atoms with E-state index in [1.165, 1.54) is 0 Å². The minimum atomic E-state index is -0.888. The minimum Gasteiger partial charge on any atom is -0.309 e. The molecule has 0 bridgehead atoms. The highest BCUT2D eigenvalue weighted by Gasteiger charge is 2.19. The van der Waals surface area contributed by atoms with E-state index in [9.17, 15) is 12.3 Å². The van der Waals surface area contributed by atoms with Gasteiger partial charge in [0.15, 0.2) is 0 Å². The second-order valence-corrected chi connectivity index (χ2v) is 12.7. The Kier molecular flexibility index (Phi) is 3.21. The average molecular weight is 688 g/mol. The van der Waals surface area contributed by atoms with Crippen LogP contribution in [0.1, 0.15) is 28.8 Å². The number of hydrogen-bond acceptors (Lipinski definition) is 1. The molecule has 0 aliphatic rings. The van der Waals surface area contributed by atoms with Crippen LogP contribution in [0.3, 0.4) is 0 Å². The highest BCUT2D eigenvalue weighted by Crippen LogP contribution is 2.43. The van der Waals surface area contributed by atoms with Gasteiger partial charge >= 0.3 is 0 Å². The fraction of sp³-hybridized carbons (Fsp3) is 0. The fourth-order valence-corrected chi connectivity index (χ4v) is 7.68. The summed E-state index contributed by atoms with van der Waals surface area (Å²) in [6.45, 7) is 0. The first-order valence-corrected chi connectivity index (χ1v) is 16.5. The Labute approximate surface area is 328 Å². The molecule has 0 radical (unpaired) electrons. The number of hydrogen-bond donors (Lipinski definition) is 0. The van der Waals surface area contributed by atoms with E-state index in [1.807, 2.05) is 36.4 Å². The first-order chi connectivity index (χ1) is 34.1. The van der Waals surface area contributed by atoms with Gasteiger partial charge in [0.1, 0.15) is 0 Å². The van der Waals surface area contributed by atoms with Gasteiger partial charge in [-0.1, -0.05) is 115 Å². The molecule has 3 heterocycles. The number of thiophene rings is 1. The third-order valence-corrected chi connectivity index (χ3v) is 9.96. The Hall–Kier alpha value is -6.42. The quantitative estimate of drug-likeness (QED) is 0.174. The molecular formula is C48H30N2S. The molecule has 0 unspecified atom stereocenters. The molecule has 238 valence electrons. The van der Waals surface area contributed by atoms with Crippen molar-refractivity contribution >= 4 is 75.1 Å². The Morgan fingerprint density at radius 1 is 0.412 bits per heavy atom. The van der Waals surface area contributed by atoms with Crippen LogP contribution < -0.4 is 0 Å². The van der Waals surface area contributed by atoms with Crippen molar-refractivity contribution in [1.29, 1.82) is 0 Å². The molecule has 11 rings (SSSR count). The molecule has 0 fully saturated rings. The molecule has 3 heteroatoms. The second kappa shape index (κ2) is 11.0. The summed E-state index contributed by atoms with van der Waals surface area (Å²) in [5, 5.41) is -1.85. The second-order valence-electron chi connectivity index (χ2n) is 11.7. The van der Waals surface area contributed by atoms with Crippen LogP contribution in [0.5, 0.6) is 0 Å². The lowest BCUT2D eigenvalue weighted by Crippen LogP contribution is -1.96. The van der Waals surface area contributed by atoms with Crippen LogP contribution in [0.15, 0.2) is 181 Å². The first-order valence-electron chi connectivity index (χ1n) is 26.2. The van der Waals surface area contributed by atoms with Gasteiger partial charge in [-0.2, -0.15) is 0 Å². The molecule has 0 N–H and O–H groups in total. The van der Waals surface area contributed by atoms with Gasteiger partial charge in [0, 0.05) is 47.4 Å². The first kappa shape index (κ1) is 14.8. The lowest BCUT2D eigenvalue weighted by Gasteiger charge is -2.12. The van der Waals surface area contributed by atoms with Crippen molar-refractivity contribution in [2.45, 2.75) is 0 Å². The molecule has 0 aliphatic carbocycles. The van der Waals surface area contributed by atoms with Crippen LogP contribution in [-0.2, 0) is 0 Å². The Morgan fingerprint density at radius 2 is 1.04 bits per heavy atom. The van der Waals surface area contributed by atoms with E-state index in [1.54, 1.807) is 18.2 Å². The summed E-state index contributed by atoms with van der Waals surface area (Å²) in [7, 11) is 0. The van der Waals surface area contributed by atoms with E-state index < -0.39 is 153 Å². The van der Waals surface area contributed by atoms with E-state index >= 15 is 0 Å². The third-order valence-electron chi connectivity index (χ3n) is 8.94. The van der Waals surface area contributed by atoms with Gasteiger partial charge in [-0.15, -0.1) is 11.3 Å². The monoisotopic (exact) mass is 687 g/mol. The summed E-state index contributed by atoms with van der Waals surface area (Å²) < 4.78 is 194. The Balaban J connectivity index is 1.36. The predicted molar refractivity (Wildman–Crippen MR) is 219 cm³/mol. The summed E-state index contributed by atoms with van der Waals surface area (Å²) in [6, 6.07) is 1.67. The molecule has 8 aromatic carbocycles. The molecule has 0 saturated carbocycles. The van der Waals surface area contributed by atoms with Gasteiger partial charge in [-0.05, 0) is 88.7 Å². The zero-order chi connectivity index (χ0) is 51.7.